The van der Waals surface area contributed by atoms with Gasteiger partial charge in [-0.05, 0) is 24.5 Å². The lowest BCUT2D eigenvalue weighted by molar-refractivity contribution is 0.0723. The second-order valence-electron chi connectivity index (χ2n) is 6.20. The molecule has 0 saturated carbocycles. The van der Waals surface area contributed by atoms with Crippen LogP contribution in [0, 0.1) is 0 Å². The quantitative estimate of drug-likeness (QED) is 0.853. The zero-order valence-electron chi connectivity index (χ0n) is 13.6. The molecule has 2 heterocycles. The Kier molecular flexibility index (Phi) is 5.33. The van der Waals surface area contributed by atoms with Crippen LogP contribution in [0.4, 0.5) is 0 Å². The molecule has 23 heavy (non-hydrogen) atoms. The first-order chi connectivity index (χ1) is 11.1. The second-order valence-corrected chi connectivity index (χ2v) is 7.96. The fourth-order valence-corrected chi connectivity index (χ4v) is 4.39. The van der Waals surface area contributed by atoms with Gasteiger partial charge in [-0.15, -0.1) is 0 Å². The van der Waals surface area contributed by atoms with Gasteiger partial charge in [0.15, 0.2) is 0 Å². The summed E-state index contributed by atoms with van der Waals surface area (Å²) in [7, 11) is -3.40. The standard InChI is InChI=1S/C16H25N3O3S/c1-14(12-17-23(20,21)19-8-10-22-11-9-19)18-7-6-15-4-2-3-5-16(15)13-18/h2-5,14,17H,6-13H2,1H3. The third kappa shape index (κ3) is 4.10. The Morgan fingerprint density at radius 3 is 2.61 bits per heavy atom. The van der Waals surface area contributed by atoms with Crippen LogP contribution in [-0.2, 0) is 27.9 Å². The highest BCUT2D eigenvalue weighted by molar-refractivity contribution is 7.87. The first kappa shape index (κ1) is 16.9. The van der Waals surface area contributed by atoms with E-state index in [0.717, 1.165) is 19.5 Å². The summed E-state index contributed by atoms with van der Waals surface area (Å²) in [5.41, 5.74) is 2.76. The van der Waals surface area contributed by atoms with Crippen molar-refractivity contribution in [3.8, 4) is 0 Å². The van der Waals surface area contributed by atoms with Crippen molar-refractivity contribution in [3.63, 3.8) is 0 Å². The molecule has 0 radical (unpaired) electrons. The molecule has 0 aliphatic carbocycles. The molecule has 1 aromatic carbocycles. The zero-order valence-corrected chi connectivity index (χ0v) is 14.4. The van der Waals surface area contributed by atoms with Crippen LogP contribution in [0.25, 0.3) is 0 Å². The van der Waals surface area contributed by atoms with E-state index in [-0.39, 0.29) is 6.04 Å². The van der Waals surface area contributed by atoms with E-state index >= 15 is 0 Å². The van der Waals surface area contributed by atoms with Gasteiger partial charge in [0.05, 0.1) is 13.2 Å². The summed E-state index contributed by atoms with van der Waals surface area (Å²) in [6.07, 6.45) is 1.02. The third-order valence-electron chi connectivity index (χ3n) is 4.65. The van der Waals surface area contributed by atoms with Crippen molar-refractivity contribution in [2.75, 3.05) is 39.4 Å². The molecule has 1 N–H and O–H groups in total. The lowest BCUT2D eigenvalue weighted by atomic mass is 9.99. The van der Waals surface area contributed by atoms with Gasteiger partial charge in [0.1, 0.15) is 0 Å². The minimum Gasteiger partial charge on any atom is -0.379 e. The SMILES string of the molecule is CC(CNS(=O)(=O)N1CCOCC1)N1CCc2ccccc2C1. The van der Waals surface area contributed by atoms with Crippen molar-refractivity contribution in [3.05, 3.63) is 35.4 Å². The van der Waals surface area contributed by atoms with Gasteiger partial charge >= 0.3 is 0 Å². The number of rotatable bonds is 5. The van der Waals surface area contributed by atoms with Crippen LogP contribution in [0.5, 0.6) is 0 Å². The number of ether oxygens (including phenoxy) is 1. The van der Waals surface area contributed by atoms with Gasteiger partial charge in [0, 0.05) is 38.8 Å². The summed E-state index contributed by atoms with van der Waals surface area (Å²) in [4.78, 5) is 2.34. The molecule has 1 unspecified atom stereocenters. The van der Waals surface area contributed by atoms with E-state index in [1.807, 2.05) is 0 Å². The molecule has 3 rings (SSSR count). The molecule has 7 heteroatoms. The van der Waals surface area contributed by atoms with E-state index in [2.05, 4.69) is 40.8 Å². The number of fused-ring (bicyclic) bond motifs is 1. The zero-order chi connectivity index (χ0) is 16.3. The largest absolute Gasteiger partial charge is 0.379 e. The lowest BCUT2D eigenvalue weighted by Gasteiger charge is -2.34. The molecule has 1 saturated heterocycles. The number of nitrogens with one attached hydrogen (secondary N) is 1. The Bertz CT molecular complexity index is 629. The lowest BCUT2D eigenvalue weighted by Crippen LogP contribution is -2.50. The van der Waals surface area contributed by atoms with E-state index in [1.165, 1.54) is 15.4 Å². The first-order valence-electron chi connectivity index (χ1n) is 8.19. The fraction of sp³-hybridized carbons (Fsp3) is 0.625. The highest BCUT2D eigenvalue weighted by Crippen LogP contribution is 2.20. The maximum atomic E-state index is 12.3. The fourth-order valence-electron chi connectivity index (χ4n) is 3.13. The van der Waals surface area contributed by atoms with Crippen LogP contribution in [-0.4, -0.2) is 63.1 Å². The van der Waals surface area contributed by atoms with E-state index < -0.39 is 10.2 Å². The van der Waals surface area contributed by atoms with E-state index in [1.54, 1.807) is 0 Å². The Morgan fingerprint density at radius 1 is 1.17 bits per heavy atom. The first-order valence-corrected chi connectivity index (χ1v) is 9.63. The number of hydrogen-bond acceptors (Lipinski definition) is 4. The van der Waals surface area contributed by atoms with Gasteiger partial charge in [0.25, 0.3) is 10.2 Å². The molecular weight excluding hydrogens is 314 g/mol. The van der Waals surface area contributed by atoms with E-state index in [0.29, 0.717) is 32.8 Å². The van der Waals surface area contributed by atoms with Crippen LogP contribution in [0.1, 0.15) is 18.1 Å². The minimum absolute atomic E-state index is 0.166. The Labute approximate surface area is 138 Å². The maximum Gasteiger partial charge on any atom is 0.279 e. The van der Waals surface area contributed by atoms with Gasteiger partial charge in [-0.25, -0.2) is 4.72 Å². The van der Waals surface area contributed by atoms with Crippen LogP contribution in [0.2, 0.25) is 0 Å². The van der Waals surface area contributed by atoms with Crippen molar-refractivity contribution in [1.82, 2.24) is 13.9 Å². The third-order valence-corrected chi connectivity index (χ3v) is 6.23. The van der Waals surface area contributed by atoms with Crippen LogP contribution in [0.15, 0.2) is 24.3 Å². The maximum absolute atomic E-state index is 12.3. The van der Waals surface area contributed by atoms with Gasteiger partial charge in [-0.1, -0.05) is 24.3 Å². The summed E-state index contributed by atoms with van der Waals surface area (Å²) >= 11 is 0. The minimum atomic E-state index is -3.40. The molecule has 128 valence electrons. The average Bonchev–Trinajstić information content (AvgIpc) is 2.60. The summed E-state index contributed by atoms with van der Waals surface area (Å²) < 4.78 is 34.0. The highest BCUT2D eigenvalue weighted by Gasteiger charge is 2.26. The van der Waals surface area contributed by atoms with Crippen LogP contribution < -0.4 is 4.72 Å². The van der Waals surface area contributed by atoms with Crippen LogP contribution in [0.3, 0.4) is 0 Å². The summed E-state index contributed by atoms with van der Waals surface area (Å²) in [5, 5.41) is 0. The number of benzene rings is 1. The molecule has 1 fully saturated rings. The normalized spacial score (nSPS) is 21.8. The van der Waals surface area contributed by atoms with Crippen molar-refractivity contribution < 1.29 is 13.2 Å². The molecule has 1 atom stereocenters. The number of nitrogens with zero attached hydrogens (tertiary/aromatic N) is 2. The molecular formula is C16H25N3O3S. The van der Waals surface area contributed by atoms with Gasteiger partial charge in [-0.2, -0.15) is 12.7 Å². The summed E-state index contributed by atoms with van der Waals surface area (Å²) in [6, 6.07) is 8.65. The summed E-state index contributed by atoms with van der Waals surface area (Å²) in [5.74, 6) is 0. The molecule has 0 spiro atoms. The highest BCUT2D eigenvalue weighted by atomic mass is 32.2. The van der Waals surface area contributed by atoms with Gasteiger partial charge in [0.2, 0.25) is 0 Å². The summed E-state index contributed by atoms with van der Waals surface area (Å²) in [6.45, 7) is 6.17. The van der Waals surface area contributed by atoms with Crippen molar-refractivity contribution >= 4 is 10.2 Å². The smallest absolute Gasteiger partial charge is 0.279 e. The molecule has 2 aliphatic rings. The monoisotopic (exact) mass is 339 g/mol. The Hall–Kier alpha value is -0.990. The Morgan fingerprint density at radius 2 is 1.87 bits per heavy atom. The van der Waals surface area contributed by atoms with E-state index in [4.69, 9.17) is 4.74 Å². The molecule has 0 aromatic heterocycles. The number of morpholine rings is 1. The predicted molar refractivity (Wildman–Crippen MR) is 89.3 cm³/mol. The molecule has 2 aliphatic heterocycles. The van der Waals surface area contributed by atoms with Crippen LogP contribution >= 0.6 is 0 Å². The Balaban J connectivity index is 1.54. The van der Waals surface area contributed by atoms with Crippen molar-refractivity contribution in [2.45, 2.75) is 25.9 Å². The van der Waals surface area contributed by atoms with Crippen molar-refractivity contribution in [2.24, 2.45) is 0 Å². The van der Waals surface area contributed by atoms with Crippen molar-refractivity contribution in [1.29, 1.82) is 0 Å². The molecule has 1 aromatic rings. The second kappa shape index (κ2) is 7.27. The predicted octanol–water partition coefficient (Wildman–Crippen LogP) is 0.600. The van der Waals surface area contributed by atoms with Gasteiger partial charge in [-0.3, -0.25) is 4.90 Å². The molecule has 6 nitrogen and oxygen atoms in total. The number of hydrogen-bond donors (Lipinski definition) is 1. The van der Waals surface area contributed by atoms with Gasteiger partial charge < -0.3 is 4.74 Å². The molecule has 0 bridgehead atoms. The van der Waals surface area contributed by atoms with E-state index in [9.17, 15) is 8.42 Å². The topological polar surface area (TPSA) is 61.9 Å². The average molecular weight is 339 g/mol. The molecule has 0 amide bonds.